The van der Waals surface area contributed by atoms with Gasteiger partial charge in [0, 0.05) is 18.9 Å². The molecule has 3 aromatic rings. The molecule has 0 bridgehead atoms. The van der Waals surface area contributed by atoms with Crippen LogP contribution in [0.4, 0.5) is 5.69 Å². The molecule has 0 aliphatic carbocycles. The highest BCUT2D eigenvalue weighted by atomic mass is 35.5. The number of anilines is 1. The molecule has 0 saturated heterocycles. The summed E-state index contributed by atoms with van der Waals surface area (Å²) < 4.78 is 2.96. The second-order valence-corrected chi connectivity index (χ2v) is 6.08. The molecule has 6 nitrogen and oxygen atoms in total. The molecule has 9 heteroatoms. The van der Waals surface area contributed by atoms with Gasteiger partial charge in [0.25, 0.3) is 5.56 Å². The van der Waals surface area contributed by atoms with Gasteiger partial charge in [-0.2, -0.15) is 14.9 Å². The SMILES string of the molecule is O=c1c(Cl)c(Cl)cnn1-c1ccc(NCCn2cccn2)c(Cl)c1. The first-order chi connectivity index (χ1) is 11.6. The van der Waals surface area contributed by atoms with E-state index in [-0.39, 0.29) is 10.0 Å². The molecule has 0 spiro atoms. The van der Waals surface area contributed by atoms with Gasteiger partial charge < -0.3 is 5.32 Å². The summed E-state index contributed by atoms with van der Waals surface area (Å²) in [6, 6.07) is 7.00. The summed E-state index contributed by atoms with van der Waals surface area (Å²) in [4.78, 5) is 12.1. The number of rotatable bonds is 5. The van der Waals surface area contributed by atoms with Crippen molar-refractivity contribution in [2.45, 2.75) is 6.54 Å². The molecule has 0 unspecified atom stereocenters. The van der Waals surface area contributed by atoms with Crippen molar-refractivity contribution in [1.29, 1.82) is 0 Å². The minimum atomic E-state index is -0.500. The molecule has 0 aliphatic rings. The highest BCUT2D eigenvalue weighted by molar-refractivity contribution is 6.41. The van der Waals surface area contributed by atoms with E-state index >= 15 is 0 Å². The van der Waals surface area contributed by atoms with Gasteiger partial charge in [0.2, 0.25) is 0 Å². The normalized spacial score (nSPS) is 10.8. The standard InChI is InChI=1S/C15H12Cl3N5O/c16-11-8-10(23-15(24)14(18)12(17)9-21-23)2-3-13(11)19-5-7-22-6-1-4-20-22/h1-4,6,8-9,19H,5,7H2. The largest absolute Gasteiger partial charge is 0.382 e. The minimum Gasteiger partial charge on any atom is -0.382 e. The van der Waals surface area contributed by atoms with E-state index in [9.17, 15) is 4.79 Å². The van der Waals surface area contributed by atoms with Crippen molar-refractivity contribution in [3.63, 3.8) is 0 Å². The number of benzene rings is 1. The fourth-order valence-electron chi connectivity index (χ4n) is 2.11. The molecular formula is C15H12Cl3N5O. The van der Waals surface area contributed by atoms with Gasteiger partial charge in [0.1, 0.15) is 5.02 Å². The van der Waals surface area contributed by atoms with E-state index in [2.05, 4.69) is 15.5 Å². The maximum atomic E-state index is 12.1. The molecule has 124 valence electrons. The van der Waals surface area contributed by atoms with Crippen molar-refractivity contribution in [2.75, 3.05) is 11.9 Å². The third-order valence-corrected chi connectivity index (χ3v) is 4.35. The zero-order valence-corrected chi connectivity index (χ0v) is 14.6. The van der Waals surface area contributed by atoms with Gasteiger partial charge in [0.05, 0.1) is 34.2 Å². The van der Waals surface area contributed by atoms with E-state index in [0.717, 1.165) is 10.4 Å². The number of hydrogen-bond donors (Lipinski definition) is 1. The average molecular weight is 385 g/mol. The van der Waals surface area contributed by atoms with E-state index in [1.807, 2.05) is 16.9 Å². The van der Waals surface area contributed by atoms with Crippen molar-refractivity contribution in [1.82, 2.24) is 19.6 Å². The van der Waals surface area contributed by atoms with Crippen LogP contribution in [0.25, 0.3) is 5.69 Å². The topological polar surface area (TPSA) is 64.7 Å². The molecule has 0 amide bonds. The monoisotopic (exact) mass is 383 g/mol. The highest BCUT2D eigenvalue weighted by Gasteiger charge is 2.10. The van der Waals surface area contributed by atoms with Crippen LogP contribution in [0.2, 0.25) is 15.1 Å². The highest BCUT2D eigenvalue weighted by Crippen LogP contribution is 2.24. The first-order valence-corrected chi connectivity index (χ1v) is 8.14. The van der Waals surface area contributed by atoms with Gasteiger partial charge in [0.15, 0.2) is 0 Å². The maximum Gasteiger partial charge on any atom is 0.291 e. The van der Waals surface area contributed by atoms with Crippen LogP contribution in [0.5, 0.6) is 0 Å². The first-order valence-electron chi connectivity index (χ1n) is 7.01. The van der Waals surface area contributed by atoms with Crippen LogP contribution in [0.1, 0.15) is 0 Å². The van der Waals surface area contributed by atoms with E-state index < -0.39 is 5.56 Å². The van der Waals surface area contributed by atoms with Gasteiger partial charge >= 0.3 is 0 Å². The number of hydrogen-bond acceptors (Lipinski definition) is 4. The third kappa shape index (κ3) is 3.56. The summed E-state index contributed by atoms with van der Waals surface area (Å²) >= 11 is 17.9. The fraction of sp³-hybridized carbons (Fsp3) is 0.133. The van der Waals surface area contributed by atoms with Crippen LogP contribution in [-0.4, -0.2) is 26.1 Å². The zero-order chi connectivity index (χ0) is 17.1. The first kappa shape index (κ1) is 16.8. The number of aromatic nitrogens is 4. The lowest BCUT2D eigenvalue weighted by Crippen LogP contribution is -2.21. The van der Waals surface area contributed by atoms with E-state index in [4.69, 9.17) is 34.8 Å². The molecule has 0 fully saturated rings. The summed E-state index contributed by atoms with van der Waals surface area (Å²) in [6.45, 7) is 1.37. The smallest absolute Gasteiger partial charge is 0.291 e. The Kier molecular flexibility index (Phi) is 5.08. The fourth-order valence-corrected chi connectivity index (χ4v) is 2.61. The second kappa shape index (κ2) is 7.25. The Labute approximate surface area is 152 Å². The predicted molar refractivity (Wildman–Crippen MR) is 95.6 cm³/mol. The zero-order valence-electron chi connectivity index (χ0n) is 12.3. The van der Waals surface area contributed by atoms with Crippen LogP contribution in [-0.2, 0) is 6.54 Å². The molecule has 0 radical (unpaired) electrons. The van der Waals surface area contributed by atoms with Crippen LogP contribution >= 0.6 is 34.8 Å². The predicted octanol–water partition coefficient (Wildman–Crippen LogP) is 3.50. The minimum absolute atomic E-state index is 0.0794. The molecular weight excluding hydrogens is 373 g/mol. The van der Waals surface area contributed by atoms with E-state index in [0.29, 0.717) is 23.8 Å². The van der Waals surface area contributed by atoms with Crippen LogP contribution < -0.4 is 10.9 Å². The molecule has 24 heavy (non-hydrogen) atoms. The Morgan fingerprint density at radius 3 is 2.67 bits per heavy atom. The number of nitrogens with zero attached hydrogens (tertiary/aromatic N) is 4. The van der Waals surface area contributed by atoms with E-state index in [1.165, 1.54) is 6.20 Å². The molecule has 0 aliphatic heterocycles. The summed E-state index contributed by atoms with van der Waals surface area (Å²) in [5.41, 5.74) is 0.751. The summed E-state index contributed by atoms with van der Waals surface area (Å²) in [5.74, 6) is 0. The molecule has 2 heterocycles. The van der Waals surface area contributed by atoms with Crippen molar-refractivity contribution in [3.05, 3.63) is 68.3 Å². The van der Waals surface area contributed by atoms with Gasteiger partial charge in [-0.05, 0) is 24.3 Å². The Balaban J connectivity index is 1.77. The molecule has 2 aromatic heterocycles. The lowest BCUT2D eigenvalue weighted by Gasteiger charge is -2.11. The summed E-state index contributed by atoms with van der Waals surface area (Å²) in [6.07, 6.45) is 4.92. The quantitative estimate of drug-likeness (QED) is 0.731. The van der Waals surface area contributed by atoms with Gasteiger partial charge in [-0.1, -0.05) is 34.8 Å². The van der Waals surface area contributed by atoms with Crippen LogP contribution in [0.15, 0.2) is 47.7 Å². The van der Waals surface area contributed by atoms with Gasteiger partial charge in [-0.25, -0.2) is 0 Å². The Hall–Kier alpha value is -2.02. The van der Waals surface area contributed by atoms with E-state index in [1.54, 1.807) is 24.4 Å². The van der Waals surface area contributed by atoms with Gasteiger partial charge in [-0.3, -0.25) is 9.48 Å². The Morgan fingerprint density at radius 1 is 1.12 bits per heavy atom. The molecule has 1 N–H and O–H groups in total. The van der Waals surface area contributed by atoms with Crippen LogP contribution in [0.3, 0.4) is 0 Å². The summed E-state index contributed by atoms with van der Waals surface area (Å²) in [5, 5.41) is 11.8. The number of nitrogens with one attached hydrogen (secondary N) is 1. The Bertz CT molecular complexity index is 908. The van der Waals surface area contributed by atoms with Crippen molar-refractivity contribution in [2.24, 2.45) is 0 Å². The lowest BCUT2D eigenvalue weighted by atomic mass is 10.2. The molecule has 1 aromatic carbocycles. The Morgan fingerprint density at radius 2 is 1.96 bits per heavy atom. The van der Waals surface area contributed by atoms with Crippen molar-refractivity contribution >= 4 is 40.5 Å². The number of halogens is 3. The lowest BCUT2D eigenvalue weighted by molar-refractivity contribution is 0.638. The second-order valence-electron chi connectivity index (χ2n) is 4.88. The molecule has 0 atom stereocenters. The summed E-state index contributed by atoms with van der Waals surface area (Å²) in [7, 11) is 0. The maximum absolute atomic E-state index is 12.1. The van der Waals surface area contributed by atoms with Crippen molar-refractivity contribution < 1.29 is 0 Å². The average Bonchev–Trinajstić information content (AvgIpc) is 3.08. The van der Waals surface area contributed by atoms with Crippen molar-refractivity contribution in [3.8, 4) is 5.69 Å². The third-order valence-electron chi connectivity index (χ3n) is 3.29. The van der Waals surface area contributed by atoms with Crippen LogP contribution in [0, 0.1) is 0 Å². The van der Waals surface area contributed by atoms with Gasteiger partial charge in [-0.15, -0.1) is 0 Å². The molecule has 0 saturated carbocycles. The molecule has 3 rings (SSSR count).